The van der Waals surface area contributed by atoms with E-state index in [0.29, 0.717) is 11.3 Å². The highest BCUT2D eigenvalue weighted by atomic mass is 35.5. The van der Waals surface area contributed by atoms with Crippen LogP contribution in [0.3, 0.4) is 0 Å². The minimum atomic E-state index is -3.97. The van der Waals surface area contributed by atoms with Gasteiger partial charge in [0, 0.05) is 12.2 Å². The zero-order valence-electron chi connectivity index (χ0n) is 21.1. The Balaban J connectivity index is 1.54. The maximum atomic E-state index is 13.2. The molecule has 12 heteroatoms. The molecule has 1 heterocycles. The summed E-state index contributed by atoms with van der Waals surface area (Å²) >= 11 is 6.12. The van der Waals surface area contributed by atoms with Gasteiger partial charge in [-0.25, -0.2) is 26.8 Å². The smallest absolute Gasteiger partial charge is 0.275 e. The summed E-state index contributed by atoms with van der Waals surface area (Å²) in [6.45, 7) is 3.76. The molecule has 3 aromatic carbocycles. The summed E-state index contributed by atoms with van der Waals surface area (Å²) in [5, 5.41) is 1.91. The van der Waals surface area contributed by atoms with Gasteiger partial charge in [0.1, 0.15) is 0 Å². The van der Waals surface area contributed by atoms with E-state index in [4.69, 9.17) is 11.6 Å². The molecule has 0 aliphatic carbocycles. The lowest BCUT2D eigenvalue weighted by atomic mass is 10.1. The van der Waals surface area contributed by atoms with E-state index in [1.54, 1.807) is 68.4 Å². The molecule has 4 aromatic rings. The minimum absolute atomic E-state index is 0.0378. The van der Waals surface area contributed by atoms with Gasteiger partial charge in [-0.1, -0.05) is 54.1 Å². The Bertz CT molecular complexity index is 1710. The van der Waals surface area contributed by atoms with Crippen LogP contribution in [0, 0.1) is 6.92 Å². The van der Waals surface area contributed by atoms with E-state index in [1.165, 1.54) is 28.6 Å². The number of sulfonamides is 1. The number of rotatable bonds is 9. The fourth-order valence-electron chi connectivity index (χ4n) is 3.81. The molecular weight excluding hydrogens is 560 g/mol. The van der Waals surface area contributed by atoms with Crippen molar-refractivity contribution in [3.05, 3.63) is 107 Å². The second-order valence-electron chi connectivity index (χ2n) is 8.52. The van der Waals surface area contributed by atoms with Crippen LogP contribution >= 0.6 is 11.6 Å². The molecule has 4 rings (SSSR count). The zero-order chi connectivity index (χ0) is 28.2. The number of aromatic nitrogens is 2. The van der Waals surface area contributed by atoms with Crippen LogP contribution in [-0.2, 0) is 25.6 Å². The van der Waals surface area contributed by atoms with Crippen molar-refractivity contribution in [1.82, 2.24) is 9.97 Å². The van der Waals surface area contributed by atoms with Crippen molar-refractivity contribution in [2.24, 2.45) is 0 Å². The maximum absolute atomic E-state index is 13.2. The molecule has 0 fully saturated rings. The van der Waals surface area contributed by atoms with E-state index in [1.807, 2.05) is 0 Å². The first kappa shape index (κ1) is 28.2. The van der Waals surface area contributed by atoms with Gasteiger partial charge in [-0.15, -0.1) is 0 Å². The molecule has 0 unspecified atom stereocenters. The van der Waals surface area contributed by atoms with Gasteiger partial charge in [0.2, 0.25) is 15.0 Å². The highest BCUT2D eigenvalue weighted by molar-refractivity contribution is 7.92. The van der Waals surface area contributed by atoms with Crippen molar-refractivity contribution in [3.8, 4) is 0 Å². The van der Waals surface area contributed by atoms with Crippen molar-refractivity contribution < 1.29 is 21.6 Å². The first-order chi connectivity index (χ1) is 18.5. The van der Waals surface area contributed by atoms with E-state index in [2.05, 4.69) is 15.3 Å². The summed E-state index contributed by atoms with van der Waals surface area (Å²) in [5.74, 6) is -1.11. The van der Waals surface area contributed by atoms with Crippen LogP contribution in [0.2, 0.25) is 5.02 Å². The van der Waals surface area contributed by atoms with Gasteiger partial charge in [0.05, 0.1) is 27.6 Å². The van der Waals surface area contributed by atoms with Crippen molar-refractivity contribution in [2.75, 3.05) is 16.2 Å². The zero-order valence-corrected chi connectivity index (χ0v) is 23.5. The predicted octanol–water partition coefficient (Wildman–Crippen LogP) is 4.88. The number of halogens is 1. The highest BCUT2D eigenvalue weighted by Gasteiger charge is 2.25. The molecule has 1 amide bonds. The minimum Gasteiger partial charge on any atom is -0.321 e. The number of hydrogen-bond acceptors (Lipinski definition) is 7. The number of hydrogen-bond donors (Lipinski definition) is 1. The van der Waals surface area contributed by atoms with Gasteiger partial charge in [0.15, 0.2) is 5.69 Å². The number of anilines is 2. The molecule has 1 N–H and O–H groups in total. The SMILES string of the molecule is CCN(c1ccccc1)S(=O)(=O)c1ccc(NC(=O)c2nc(S(=O)(=O)Cc3ccccc3C)ncc2Cl)cc1. The van der Waals surface area contributed by atoms with Crippen LogP contribution in [0.15, 0.2) is 95.1 Å². The molecule has 0 saturated carbocycles. The molecule has 0 aliphatic rings. The van der Waals surface area contributed by atoms with Gasteiger partial charge in [-0.2, -0.15) is 0 Å². The second-order valence-corrected chi connectivity index (χ2v) is 12.7. The summed E-state index contributed by atoms with van der Waals surface area (Å²) in [7, 11) is -7.82. The molecule has 0 aliphatic heterocycles. The standard InChI is InChI=1S/C27H25ClN4O5S2/c1-3-32(22-11-5-4-6-12-22)39(36,37)23-15-13-21(14-16-23)30-26(33)25-24(28)17-29-27(31-25)38(34,35)18-20-10-8-7-9-19(20)2/h4-17H,3,18H2,1-2H3,(H,30,33). The molecule has 0 bridgehead atoms. The van der Waals surface area contributed by atoms with E-state index in [9.17, 15) is 21.6 Å². The van der Waals surface area contributed by atoms with Gasteiger partial charge >= 0.3 is 0 Å². The van der Waals surface area contributed by atoms with Crippen LogP contribution in [-0.4, -0.2) is 39.3 Å². The largest absolute Gasteiger partial charge is 0.321 e. The predicted molar refractivity (Wildman–Crippen MR) is 150 cm³/mol. The molecule has 0 saturated heterocycles. The van der Waals surface area contributed by atoms with Crippen molar-refractivity contribution in [1.29, 1.82) is 0 Å². The Hall–Kier alpha value is -3.80. The van der Waals surface area contributed by atoms with Gasteiger partial charge in [0.25, 0.3) is 15.9 Å². The molecule has 1 aromatic heterocycles. The first-order valence-electron chi connectivity index (χ1n) is 11.8. The Morgan fingerprint density at radius 2 is 1.56 bits per heavy atom. The fourth-order valence-corrected chi connectivity index (χ4v) is 6.77. The highest BCUT2D eigenvalue weighted by Crippen LogP contribution is 2.25. The number of carbonyl (C=O) groups is 1. The molecular formula is C27H25ClN4O5S2. The van der Waals surface area contributed by atoms with Crippen molar-refractivity contribution in [2.45, 2.75) is 29.7 Å². The van der Waals surface area contributed by atoms with E-state index >= 15 is 0 Å². The monoisotopic (exact) mass is 584 g/mol. The van der Waals surface area contributed by atoms with Crippen LogP contribution < -0.4 is 9.62 Å². The Morgan fingerprint density at radius 1 is 0.923 bits per heavy atom. The summed E-state index contributed by atoms with van der Waals surface area (Å²) in [4.78, 5) is 20.8. The lowest BCUT2D eigenvalue weighted by Gasteiger charge is -2.23. The van der Waals surface area contributed by atoms with E-state index in [0.717, 1.165) is 11.8 Å². The molecule has 0 spiro atoms. The normalized spacial score (nSPS) is 11.7. The molecule has 0 radical (unpaired) electrons. The lowest BCUT2D eigenvalue weighted by molar-refractivity contribution is 0.102. The molecule has 9 nitrogen and oxygen atoms in total. The Labute approximate surface area is 232 Å². The van der Waals surface area contributed by atoms with Crippen LogP contribution in [0.25, 0.3) is 0 Å². The van der Waals surface area contributed by atoms with Crippen molar-refractivity contribution in [3.63, 3.8) is 0 Å². The van der Waals surface area contributed by atoms with Gasteiger partial charge < -0.3 is 5.32 Å². The number of nitrogens with zero attached hydrogens (tertiary/aromatic N) is 3. The average molecular weight is 585 g/mol. The summed E-state index contributed by atoms with van der Waals surface area (Å²) in [5.41, 5.74) is 1.85. The van der Waals surface area contributed by atoms with E-state index in [-0.39, 0.29) is 33.6 Å². The van der Waals surface area contributed by atoms with E-state index < -0.39 is 30.9 Å². The lowest BCUT2D eigenvalue weighted by Crippen LogP contribution is -2.30. The summed E-state index contributed by atoms with van der Waals surface area (Å²) < 4.78 is 53.6. The van der Waals surface area contributed by atoms with Crippen LogP contribution in [0.4, 0.5) is 11.4 Å². The number of para-hydroxylation sites is 1. The Morgan fingerprint density at radius 3 is 2.21 bits per heavy atom. The van der Waals surface area contributed by atoms with Gasteiger partial charge in [-0.3, -0.25) is 9.10 Å². The average Bonchev–Trinajstić information content (AvgIpc) is 2.91. The number of amides is 1. The van der Waals surface area contributed by atoms with Crippen molar-refractivity contribution >= 4 is 48.7 Å². The third-order valence-electron chi connectivity index (χ3n) is 5.85. The number of sulfone groups is 1. The number of benzene rings is 3. The number of aryl methyl sites for hydroxylation is 1. The third kappa shape index (κ3) is 6.27. The van der Waals surface area contributed by atoms with Gasteiger partial charge in [-0.05, 0) is 61.4 Å². The molecule has 0 atom stereocenters. The maximum Gasteiger partial charge on any atom is 0.275 e. The van der Waals surface area contributed by atoms with Crippen LogP contribution in [0.1, 0.15) is 28.5 Å². The molecule has 39 heavy (non-hydrogen) atoms. The third-order valence-corrected chi connectivity index (χ3v) is 9.49. The summed E-state index contributed by atoms with van der Waals surface area (Å²) in [6, 6.07) is 21.3. The van der Waals surface area contributed by atoms with Crippen LogP contribution in [0.5, 0.6) is 0 Å². The number of nitrogens with one attached hydrogen (secondary N) is 1. The molecule has 202 valence electrons. The quantitative estimate of drug-likeness (QED) is 0.278. The topological polar surface area (TPSA) is 126 Å². The summed E-state index contributed by atoms with van der Waals surface area (Å²) in [6.07, 6.45) is 1.06. The number of carbonyl (C=O) groups excluding carboxylic acids is 1. The second kappa shape index (κ2) is 11.5. The fraction of sp³-hybridized carbons (Fsp3) is 0.148. The Kier molecular flexibility index (Phi) is 8.34. The first-order valence-corrected chi connectivity index (χ1v) is 15.3.